The van der Waals surface area contributed by atoms with Gasteiger partial charge in [0.1, 0.15) is 0 Å². The molecule has 0 amide bonds. The molecule has 0 aromatic heterocycles. The van der Waals surface area contributed by atoms with Crippen LogP contribution in [0.1, 0.15) is 31.7 Å². The van der Waals surface area contributed by atoms with Gasteiger partial charge >= 0.3 is 0 Å². The molecule has 1 nitrogen and oxygen atoms in total. The SMILES string of the molecule is CCCCCc1ccc(Br)cc1N. The lowest BCUT2D eigenvalue weighted by atomic mass is 10.1. The average Bonchev–Trinajstić information content (AvgIpc) is 2.09. The first-order valence-corrected chi connectivity index (χ1v) is 5.57. The molecule has 2 heteroatoms. The normalized spacial score (nSPS) is 10.3. The summed E-state index contributed by atoms with van der Waals surface area (Å²) < 4.78 is 1.06. The molecule has 0 atom stereocenters. The summed E-state index contributed by atoms with van der Waals surface area (Å²) in [4.78, 5) is 0. The molecule has 13 heavy (non-hydrogen) atoms. The van der Waals surface area contributed by atoms with Crippen molar-refractivity contribution in [2.24, 2.45) is 0 Å². The van der Waals surface area contributed by atoms with Crippen molar-refractivity contribution in [1.82, 2.24) is 0 Å². The van der Waals surface area contributed by atoms with E-state index in [9.17, 15) is 0 Å². The van der Waals surface area contributed by atoms with Gasteiger partial charge in [-0.15, -0.1) is 0 Å². The predicted molar refractivity (Wildman–Crippen MR) is 61.8 cm³/mol. The minimum absolute atomic E-state index is 0.908. The molecule has 0 heterocycles. The molecular formula is C11H16BrN. The van der Waals surface area contributed by atoms with Gasteiger partial charge in [-0.1, -0.05) is 41.8 Å². The molecule has 72 valence electrons. The fourth-order valence-electron chi connectivity index (χ4n) is 1.36. The number of aryl methyl sites for hydroxylation is 1. The number of unbranched alkanes of at least 4 members (excludes halogenated alkanes) is 2. The third kappa shape index (κ3) is 3.39. The van der Waals surface area contributed by atoms with Crippen LogP contribution in [0.2, 0.25) is 0 Å². The molecule has 0 saturated heterocycles. The van der Waals surface area contributed by atoms with Crippen LogP contribution in [0.4, 0.5) is 5.69 Å². The van der Waals surface area contributed by atoms with E-state index in [1.165, 1.54) is 24.8 Å². The van der Waals surface area contributed by atoms with Crippen molar-refractivity contribution in [2.45, 2.75) is 32.6 Å². The molecule has 0 aliphatic rings. The van der Waals surface area contributed by atoms with Crippen LogP contribution in [-0.4, -0.2) is 0 Å². The van der Waals surface area contributed by atoms with Gasteiger partial charge in [-0.25, -0.2) is 0 Å². The Kier molecular flexibility index (Phi) is 4.29. The minimum Gasteiger partial charge on any atom is -0.398 e. The molecule has 2 N–H and O–H groups in total. The van der Waals surface area contributed by atoms with E-state index in [0.29, 0.717) is 0 Å². The van der Waals surface area contributed by atoms with Gasteiger partial charge in [0, 0.05) is 10.2 Å². The van der Waals surface area contributed by atoms with Crippen LogP contribution in [0.3, 0.4) is 0 Å². The Morgan fingerprint density at radius 1 is 1.31 bits per heavy atom. The summed E-state index contributed by atoms with van der Waals surface area (Å²) in [6.45, 7) is 2.21. The lowest BCUT2D eigenvalue weighted by Gasteiger charge is -2.05. The zero-order valence-electron chi connectivity index (χ0n) is 8.02. The molecule has 0 bridgehead atoms. The Bertz CT molecular complexity index is 271. The van der Waals surface area contributed by atoms with Crippen LogP contribution in [0.25, 0.3) is 0 Å². The molecule has 1 rings (SSSR count). The highest BCUT2D eigenvalue weighted by Gasteiger charge is 1.98. The zero-order chi connectivity index (χ0) is 9.68. The van der Waals surface area contributed by atoms with E-state index in [0.717, 1.165) is 16.6 Å². The first kappa shape index (κ1) is 10.6. The third-order valence-corrected chi connectivity index (χ3v) is 2.65. The number of nitrogen functional groups attached to an aromatic ring is 1. The second-order valence-corrected chi connectivity index (χ2v) is 4.22. The second-order valence-electron chi connectivity index (χ2n) is 3.30. The van der Waals surface area contributed by atoms with Crippen molar-refractivity contribution >= 4 is 21.6 Å². The van der Waals surface area contributed by atoms with Gasteiger partial charge in [-0.05, 0) is 30.5 Å². The summed E-state index contributed by atoms with van der Waals surface area (Å²) >= 11 is 3.40. The van der Waals surface area contributed by atoms with E-state index in [-0.39, 0.29) is 0 Å². The van der Waals surface area contributed by atoms with E-state index in [4.69, 9.17) is 5.73 Å². The molecule has 1 aromatic carbocycles. The standard InChI is InChI=1S/C11H16BrN/c1-2-3-4-5-9-6-7-10(12)8-11(9)13/h6-8H,2-5,13H2,1H3. The first-order chi connectivity index (χ1) is 6.24. The summed E-state index contributed by atoms with van der Waals surface area (Å²) in [5.41, 5.74) is 8.06. The van der Waals surface area contributed by atoms with Crippen molar-refractivity contribution in [3.8, 4) is 0 Å². The lowest BCUT2D eigenvalue weighted by molar-refractivity contribution is 0.718. The van der Waals surface area contributed by atoms with Crippen molar-refractivity contribution in [2.75, 3.05) is 5.73 Å². The van der Waals surface area contributed by atoms with Crippen LogP contribution < -0.4 is 5.73 Å². The van der Waals surface area contributed by atoms with Gasteiger partial charge in [0.25, 0.3) is 0 Å². The summed E-state index contributed by atoms with van der Waals surface area (Å²) in [6.07, 6.45) is 4.89. The monoisotopic (exact) mass is 241 g/mol. The van der Waals surface area contributed by atoms with Gasteiger partial charge in [0.05, 0.1) is 0 Å². The molecular weight excluding hydrogens is 226 g/mol. The summed E-state index contributed by atoms with van der Waals surface area (Å²) in [7, 11) is 0. The molecule has 0 fully saturated rings. The van der Waals surface area contributed by atoms with Crippen molar-refractivity contribution in [3.05, 3.63) is 28.2 Å². The number of hydrogen-bond donors (Lipinski definition) is 1. The molecule has 0 radical (unpaired) electrons. The highest BCUT2D eigenvalue weighted by molar-refractivity contribution is 9.10. The quantitative estimate of drug-likeness (QED) is 0.631. The molecule has 1 aromatic rings. The van der Waals surface area contributed by atoms with Crippen LogP contribution in [0.15, 0.2) is 22.7 Å². The van der Waals surface area contributed by atoms with E-state index in [2.05, 4.69) is 35.0 Å². The van der Waals surface area contributed by atoms with Crippen LogP contribution >= 0.6 is 15.9 Å². The van der Waals surface area contributed by atoms with Crippen LogP contribution in [0, 0.1) is 0 Å². The third-order valence-electron chi connectivity index (χ3n) is 2.16. The molecule has 0 spiro atoms. The van der Waals surface area contributed by atoms with E-state index in [1.54, 1.807) is 0 Å². The van der Waals surface area contributed by atoms with Crippen molar-refractivity contribution in [1.29, 1.82) is 0 Å². The summed E-state index contributed by atoms with van der Waals surface area (Å²) in [5, 5.41) is 0. The fourth-order valence-corrected chi connectivity index (χ4v) is 1.74. The first-order valence-electron chi connectivity index (χ1n) is 4.78. The van der Waals surface area contributed by atoms with Gasteiger partial charge in [-0.3, -0.25) is 0 Å². The predicted octanol–water partition coefficient (Wildman–Crippen LogP) is 3.76. The smallest absolute Gasteiger partial charge is 0.0357 e. The van der Waals surface area contributed by atoms with E-state index in [1.807, 2.05) is 6.07 Å². The fraction of sp³-hybridized carbons (Fsp3) is 0.455. The zero-order valence-corrected chi connectivity index (χ0v) is 9.60. The molecule has 0 aliphatic heterocycles. The number of halogens is 1. The second kappa shape index (κ2) is 5.28. The Hall–Kier alpha value is -0.500. The molecule has 0 unspecified atom stereocenters. The number of hydrogen-bond acceptors (Lipinski definition) is 1. The van der Waals surface area contributed by atoms with E-state index < -0.39 is 0 Å². The number of rotatable bonds is 4. The summed E-state index contributed by atoms with van der Waals surface area (Å²) in [6, 6.07) is 6.13. The molecule has 0 saturated carbocycles. The number of benzene rings is 1. The van der Waals surface area contributed by atoms with E-state index >= 15 is 0 Å². The van der Waals surface area contributed by atoms with Gasteiger partial charge in [0.2, 0.25) is 0 Å². The highest BCUT2D eigenvalue weighted by atomic mass is 79.9. The lowest BCUT2D eigenvalue weighted by Crippen LogP contribution is -1.94. The Balaban J connectivity index is 2.56. The average molecular weight is 242 g/mol. The van der Waals surface area contributed by atoms with Crippen LogP contribution in [0.5, 0.6) is 0 Å². The van der Waals surface area contributed by atoms with Crippen molar-refractivity contribution < 1.29 is 0 Å². The maximum Gasteiger partial charge on any atom is 0.0357 e. The van der Waals surface area contributed by atoms with Crippen LogP contribution in [-0.2, 0) is 6.42 Å². The van der Waals surface area contributed by atoms with Gasteiger partial charge < -0.3 is 5.73 Å². The topological polar surface area (TPSA) is 26.0 Å². The highest BCUT2D eigenvalue weighted by Crippen LogP contribution is 2.20. The maximum atomic E-state index is 5.87. The van der Waals surface area contributed by atoms with Gasteiger partial charge in [0.15, 0.2) is 0 Å². The number of anilines is 1. The molecule has 0 aliphatic carbocycles. The van der Waals surface area contributed by atoms with Gasteiger partial charge in [-0.2, -0.15) is 0 Å². The Labute approximate surface area is 88.5 Å². The minimum atomic E-state index is 0.908. The summed E-state index contributed by atoms with van der Waals surface area (Å²) in [5.74, 6) is 0. The Morgan fingerprint density at radius 2 is 2.08 bits per heavy atom. The van der Waals surface area contributed by atoms with Crippen molar-refractivity contribution in [3.63, 3.8) is 0 Å². The number of nitrogens with two attached hydrogens (primary N) is 1. The maximum absolute atomic E-state index is 5.87. The Morgan fingerprint density at radius 3 is 2.69 bits per heavy atom. The largest absolute Gasteiger partial charge is 0.398 e.